The first-order chi connectivity index (χ1) is 7.33. The van der Waals surface area contributed by atoms with Crippen molar-refractivity contribution < 1.29 is 19.3 Å². The number of aliphatic hydroxyl groups is 1. The Morgan fingerprint density at radius 2 is 2.07 bits per heavy atom. The highest BCUT2D eigenvalue weighted by atomic mass is 16.6. The first-order valence-corrected chi connectivity index (χ1v) is 5.39. The van der Waals surface area contributed by atoms with Crippen molar-refractivity contribution in [3.05, 3.63) is 12.7 Å². The maximum Gasteiger partial charge on any atom is 0.101 e. The summed E-state index contributed by atoms with van der Waals surface area (Å²) in [5.74, 6) is 0. The number of aliphatic hydroxyl groups excluding tert-OH is 1. The minimum absolute atomic E-state index is 0.327. The molecule has 1 saturated heterocycles. The number of hydrogen-bond acceptors (Lipinski definition) is 4. The van der Waals surface area contributed by atoms with Crippen LogP contribution in [0.4, 0.5) is 0 Å². The molecule has 1 fully saturated rings. The van der Waals surface area contributed by atoms with Gasteiger partial charge in [-0.2, -0.15) is 0 Å². The predicted octanol–water partition coefficient (Wildman–Crippen LogP) is 0.745. The van der Waals surface area contributed by atoms with Gasteiger partial charge in [0.15, 0.2) is 0 Å². The van der Waals surface area contributed by atoms with E-state index < -0.39 is 6.10 Å². The Hall–Kier alpha value is -0.420. The van der Waals surface area contributed by atoms with E-state index in [1.165, 1.54) is 0 Å². The van der Waals surface area contributed by atoms with Crippen LogP contribution in [0.3, 0.4) is 0 Å². The van der Waals surface area contributed by atoms with Gasteiger partial charge in [0.2, 0.25) is 0 Å². The van der Waals surface area contributed by atoms with Gasteiger partial charge in [0, 0.05) is 6.61 Å². The summed E-state index contributed by atoms with van der Waals surface area (Å²) in [4.78, 5) is 0. The van der Waals surface area contributed by atoms with Crippen LogP contribution in [-0.4, -0.2) is 50.3 Å². The van der Waals surface area contributed by atoms with Crippen LogP contribution >= 0.6 is 0 Å². The second kappa shape index (κ2) is 7.82. The molecule has 0 saturated carbocycles. The van der Waals surface area contributed by atoms with Crippen molar-refractivity contribution in [1.29, 1.82) is 0 Å². The van der Waals surface area contributed by atoms with E-state index in [1.807, 2.05) is 0 Å². The van der Waals surface area contributed by atoms with Gasteiger partial charge in [-0.3, -0.25) is 0 Å². The molecule has 0 bridgehead atoms. The Labute approximate surface area is 90.8 Å². The molecule has 1 rings (SSSR count). The van der Waals surface area contributed by atoms with Gasteiger partial charge >= 0.3 is 0 Å². The molecule has 2 atom stereocenters. The van der Waals surface area contributed by atoms with Crippen molar-refractivity contribution in [2.24, 2.45) is 0 Å². The van der Waals surface area contributed by atoms with E-state index in [0.29, 0.717) is 32.5 Å². The van der Waals surface area contributed by atoms with E-state index in [-0.39, 0.29) is 0 Å². The molecule has 0 aromatic rings. The molecule has 4 heteroatoms. The summed E-state index contributed by atoms with van der Waals surface area (Å²) >= 11 is 0. The third-order valence-corrected chi connectivity index (χ3v) is 2.07. The average Bonchev–Trinajstić information content (AvgIpc) is 3.03. The van der Waals surface area contributed by atoms with Crippen LogP contribution < -0.4 is 0 Å². The smallest absolute Gasteiger partial charge is 0.101 e. The summed E-state index contributed by atoms with van der Waals surface area (Å²) in [5.41, 5.74) is 0. The van der Waals surface area contributed by atoms with E-state index in [4.69, 9.17) is 14.2 Å². The summed E-state index contributed by atoms with van der Waals surface area (Å²) in [6.45, 7) is 6.36. The third kappa shape index (κ3) is 7.50. The molecule has 4 nitrogen and oxygen atoms in total. The van der Waals surface area contributed by atoms with Crippen LogP contribution in [0.2, 0.25) is 0 Å². The highest BCUT2D eigenvalue weighted by Crippen LogP contribution is 2.12. The summed E-state index contributed by atoms with van der Waals surface area (Å²) in [5, 5.41) is 9.42. The monoisotopic (exact) mass is 216 g/mol. The van der Waals surface area contributed by atoms with Crippen molar-refractivity contribution in [2.75, 3.05) is 33.0 Å². The highest BCUT2D eigenvalue weighted by Gasteiger charge is 2.21. The van der Waals surface area contributed by atoms with Crippen LogP contribution in [0.25, 0.3) is 0 Å². The fourth-order valence-corrected chi connectivity index (χ4v) is 1.10. The molecule has 0 spiro atoms. The lowest BCUT2D eigenvalue weighted by molar-refractivity contribution is -0.0190. The number of hydrogen-bond donors (Lipinski definition) is 1. The van der Waals surface area contributed by atoms with Gasteiger partial charge in [-0.15, -0.1) is 6.58 Å². The lowest BCUT2D eigenvalue weighted by Gasteiger charge is -2.11. The van der Waals surface area contributed by atoms with E-state index in [2.05, 4.69) is 6.58 Å². The molecule has 1 aliphatic heterocycles. The zero-order chi connectivity index (χ0) is 10.9. The fraction of sp³-hybridized carbons (Fsp3) is 0.818. The van der Waals surface area contributed by atoms with Crippen LogP contribution in [0.15, 0.2) is 12.7 Å². The van der Waals surface area contributed by atoms with E-state index in [9.17, 15) is 5.11 Å². The minimum Gasteiger partial charge on any atom is -0.388 e. The lowest BCUT2D eigenvalue weighted by Crippen LogP contribution is -2.22. The molecule has 0 amide bonds. The Kier molecular flexibility index (Phi) is 6.59. The van der Waals surface area contributed by atoms with Gasteiger partial charge in [-0.25, -0.2) is 0 Å². The molecule has 0 aromatic carbocycles. The van der Waals surface area contributed by atoms with Gasteiger partial charge in [0.05, 0.1) is 32.5 Å². The van der Waals surface area contributed by atoms with Crippen LogP contribution in [0, 0.1) is 0 Å². The molecule has 1 heterocycles. The highest BCUT2D eigenvalue weighted by molar-refractivity contribution is 4.68. The van der Waals surface area contributed by atoms with Gasteiger partial charge in [-0.1, -0.05) is 6.08 Å². The zero-order valence-corrected chi connectivity index (χ0v) is 9.06. The summed E-state index contributed by atoms with van der Waals surface area (Å²) in [6, 6.07) is 0. The second-order valence-corrected chi connectivity index (χ2v) is 3.63. The van der Waals surface area contributed by atoms with Crippen molar-refractivity contribution in [1.82, 2.24) is 0 Å². The van der Waals surface area contributed by atoms with Crippen molar-refractivity contribution in [3.8, 4) is 0 Å². The Bertz CT molecular complexity index is 168. The SMILES string of the molecule is C=CCCOCC(O)COCCC1CO1. The molecule has 1 N–H and O–H groups in total. The average molecular weight is 216 g/mol. The molecule has 15 heavy (non-hydrogen) atoms. The van der Waals surface area contributed by atoms with Crippen LogP contribution in [0.1, 0.15) is 12.8 Å². The van der Waals surface area contributed by atoms with Gasteiger partial charge in [-0.05, 0) is 12.8 Å². The van der Waals surface area contributed by atoms with Crippen molar-refractivity contribution in [3.63, 3.8) is 0 Å². The van der Waals surface area contributed by atoms with E-state index in [0.717, 1.165) is 19.4 Å². The largest absolute Gasteiger partial charge is 0.388 e. The first kappa shape index (κ1) is 12.6. The third-order valence-electron chi connectivity index (χ3n) is 2.07. The quantitative estimate of drug-likeness (QED) is 0.332. The molecule has 0 aliphatic carbocycles. The summed E-state index contributed by atoms with van der Waals surface area (Å²) in [7, 11) is 0. The number of epoxide rings is 1. The Morgan fingerprint density at radius 1 is 1.40 bits per heavy atom. The summed E-state index contributed by atoms with van der Waals surface area (Å²) in [6.07, 6.45) is 3.38. The second-order valence-electron chi connectivity index (χ2n) is 3.63. The molecular weight excluding hydrogens is 196 g/mol. The summed E-state index contributed by atoms with van der Waals surface area (Å²) < 4.78 is 15.5. The van der Waals surface area contributed by atoms with Crippen molar-refractivity contribution >= 4 is 0 Å². The normalized spacial score (nSPS) is 21.3. The Balaban J connectivity index is 1.79. The van der Waals surface area contributed by atoms with Crippen LogP contribution in [0.5, 0.6) is 0 Å². The first-order valence-electron chi connectivity index (χ1n) is 5.39. The molecular formula is C11H20O4. The van der Waals surface area contributed by atoms with Gasteiger partial charge in [0.25, 0.3) is 0 Å². The number of ether oxygens (including phenoxy) is 3. The molecule has 1 aliphatic rings. The minimum atomic E-state index is -0.532. The van der Waals surface area contributed by atoms with Crippen molar-refractivity contribution in [2.45, 2.75) is 25.0 Å². The maximum absolute atomic E-state index is 9.42. The number of rotatable bonds is 10. The molecule has 2 unspecified atom stereocenters. The topological polar surface area (TPSA) is 51.2 Å². The fourth-order valence-electron chi connectivity index (χ4n) is 1.10. The lowest BCUT2D eigenvalue weighted by atomic mass is 10.3. The molecule has 0 aromatic heterocycles. The zero-order valence-electron chi connectivity index (χ0n) is 9.06. The van der Waals surface area contributed by atoms with Crippen LogP contribution in [-0.2, 0) is 14.2 Å². The van der Waals surface area contributed by atoms with Gasteiger partial charge < -0.3 is 19.3 Å². The molecule has 0 radical (unpaired) electrons. The Morgan fingerprint density at radius 3 is 2.67 bits per heavy atom. The van der Waals surface area contributed by atoms with E-state index in [1.54, 1.807) is 6.08 Å². The standard InChI is InChI=1S/C11H20O4/c1-2-3-5-13-7-10(12)8-14-6-4-11-9-15-11/h2,10-12H,1,3-9H2. The maximum atomic E-state index is 9.42. The van der Waals surface area contributed by atoms with E-state index >= 15 is 0 Å². The predicted molar refractivity (Wildman–Crippen MR) is 56.8 cm³/mol. The van der Waals surface area contributed by atoms with Gasteiger partial charge in [0.1, 0.15) is 6.10 Å². The molecule has 88 valence electrons.